The monoisotopic (exact) mass is 432 g/mol. The van der Waals surface area contributed by atoms with Gasteiger partial charge < -0.3 is 20.8 Å². The van der Waals surface area contributed by atoms with Gasteiger partial charge in [-0.1, -0.05) is 25.1 Å². The van der Waals surface area contributed by atoms with E-state index in [0.717, 1.165) is 31.7 Å². The van der Waals surface area contributed by atoms with E-state index in [-0.39, 0.29) is 19.0 Å². The number of halogens is 2. The summed E-state index contributed by atoms with van der Waals surface area (Å²) in [5.41, 5.74) is 4.11. The smallest absolute Gasteiger partial charge is 0.246 e. The van der Waals surface area contributed by atoms with Crippen LogP contribution in [0.3, 0.4) is 0 Å². The topological polar surface area (TPSA) is 81.6 Å². The number of benzene rings is 2. The Hall–Kier alpha value is -2.35. The van der Waals surface area contributed by atoms with Gasteiger partial charge in [-0.05, 0) is 66.5 Å². The molecule has 0 aromatic heterocycles. The van der Waals surface area contributed by atoms with Gasteiger partial charge in [0.05, 0.1) is 12.1 Å². The van der Waals surface area contributed by atoms with Crippen LogP contribution in [0.5, 0.6) is 0 Å². The molecule has 7 heteroatoms. The maximum absolute atomic E-state index is 13.6. The van der Waals surface area contributed by atoms with Crippen LogP contribution in [-0.4, -0.2) is 41.4 Å². The number of hydrogen-bond donors (Lipinski definition) is 4. The van der Waals surface area contributed by atoms with E-state index in [1.165, 1.54) is 28.8 Å². The number of fused-ring (bicyclic) bond motifs is 1. The van der Waals surface area contributed by atoms with Crippen LogP contribution in [0.15, 0.2) is 36.4 Å². The summed E-state index contributed by atoms with van der Waals surface area (Å²) < 4.78 is 27.1. The zero-order chi connectivity index (χ0) is 22.4. The van der Waals surface area contributed by atoms with E-state index < -0.39 is 36.3 Å². The second-order valence-electron chi connectivity index (χ2n) is 8.12. The number of aliphatic hydroxyl groups excluding tert-OH is 2. The maximum Gasteiger partial charge on any atom is 0.246 e. The maximum atomic E-state index is 13.6. The minimum Gasteiger partial charge on any atom is -0.390 e. The van der Waals surface area contributed by atoms with Crippen LogP contribution in [0.4, 0.5) is 8.78 Å². The quantitative estimate of drug-likeness (QED) is 0.491. The zero-order valence-electron chi connectivity index (χ0n) is 17.7. The fourth-order valence-corrected chi connectivity index (χ4v) is 4.20. The van der Waals surface area contributed by atoms with Crippen molar-refractivity contribution in [2.75, 3.05) is 13.2 Å². The molecule has 3 unspecified atom stereocenters. The van der Waals surface area contributed by atoms with E-state index in [9.17, 15) is 18.7 Å². The first-order chi connectivity index (χ1) is 14.9. The molecule has 0 saturated heterocycles. The third kappa shape index (κ3) is 6.32. The Bertz CT molecular complexity index is 886. The van der Waals surface area contributed by atoms with E-state index >= 15 is 0 Å². The molecule has 0 bridgehead atoms. The summed E-state index contributed by atoms with van der Waals surface area (Å²) in [6, 6.07) is 8.92. The molecule has 0 fully saturated rings. The zero-order valence-corrected chi connectivity index (χ0v) is 17.7. The molecule has 1 aliphatic carbocycles. The first-order valence-corrected chi connectivity index (χ1v) is 10.8. The molecule has 3 atom stereocenters. The van der Waals surface area contributed by atoms with Crippen LogP contribution in [0.2, 0.25) is 0 Å². The number of carbonyl (C=O) groups is 1. The lowest BCUT2D eigenvalue weighted by Crippen LogP contribution is -2.50. The fraction of sp³-hybridized carbons (Fsp3) is 0.458. The standard InChI is InChI=1S/C24H30F2N2O3/c1-2-15-6-7-17-4-3-5-21(20(17)10-15)27-13-23(30)22(28-24(31)14-29)11-16-8-18(25)12-19(26)9-16/h6-10,12,21-23,27,29-30H,2-5,11,13-14H2,1H3,(H,28,31). The van der Waals surface area contributed by atoms with Gasteiger partial charge in [-0.3, -0.25) is 4.79 Å². The number of hydrogen-bond acceptors (Lipinski definition) is 4. The highest BCUT2D eigenvalue weighted by molar-refractivity contribution is 5.77. The van der Waals surface area contributed by atoms with Crippen molar-refractivity contribution >= 4 is 5.91 Å². The van der Waals surface area contributed by atoms with Crippen molar-refractivity contribution in [3.8, 4) is 0 Å². The molecule has 1 aliphatic rings. The fourth-order valence-electron chi connectivity index (χ4n) is 4.20. The number of amides is 1. The Morgan fingerprint density at radius 3 is 2.58 bits per heavy atom. The second kappa shape index (κ2) is 10.8. The molecule has 0 heterocycles. The summed E-state index contributed by atoms with van der Waals surface area (Å²) in [5.74, 6) is -2.10. The van der Waals surface area contributed by atoms with E-state index in [1.807, 2.05) is 0 Å². The molecular weight excluding hydrogens is 402 g/mol. The minimum absolute atomic E-state index is 0.0322. The van der Waals surface area contributed by atoms with Gasteiger partial charge in [-0.2, -0.15) is 0 Å². The highest BCUT2D eigenvalue weighted by Gasteiger charge is 2.25. The van der Waals surface area contributed by atoms with Crippen LogP contribution in [-0.2, 0) is 24.1 Å². The summed E-state index contributed by atoms with van der Waals surface area (Å²) in [6.45, 7) is 1.57. The average molecular weight is 433 g/mol. The first kappa shape index (κ1) is 23.3. The summed E-state index contributed by atoms with van der Waals surface area (Å²) in [4.78, 5) is 11.8. The number of aryl methyl sites for hydroxylation is 2. The largest absolute Gasteiger partial charge is 0.390 e. The van der Waals surface area contributed by atoms with Gasteiger partial charge in [0, 0.05) is 18.7 Å². The molecule has 31 heavy (non-hydrogen) atoms. The van der Waals surface area contributed by atoms with Crippen molar-refractivity contribution in [2.24, 2.45) is 0 Å². The second-order valence-corrected chi connectivity index (χ2v) is 8.12. The van der Waals surface area contributed by atoms with Crippen molar-refractivity contribution in [1.82, 2.24) is 10.6 Å². The predicted molar refractivity (Wildman–Crippen MR) is 115 cm³/mol. The number of nitrogens with one attached hydrogen (secondary N) is 2. The Morgan fingerprint density at radius 2 is 1.90 bits per heavy atom. The SMILES string of the molecule is CCc1ccc2c(c1)C(NCC(O)C(Cc1cc(F)cc(F)c1)NC(=O)CO)CCC2. The van der Waals surface area contributed by atoms with Crippen molar-refractivity contribution in [1.29, 1.82) is 0 Å². The summed E-state index contributed by atoms with van der Waals surface area (Å²) in [6.07, 6.45) is 2.98. The van der Waals surface area contributed by atoms with E-state index in [4.69, 9.17) is 5.11 Å². The third-order valence-electron chi connectivity index (χ3n) is 5.84. The van der Waals surface area contributed by atoms with Gasteiger partial charge in [-0.25, -0.2) is 8.78 Å². The Morgan fingerprint density at radius 1 is 1.16 bits per heavy atom. The summed E-state index contributed by atoms with van der Waals surface area (Å²) >= 11 is 0. The Labute approximate surface area is 181 Å². The van der Waals surface area contributed by atoms with Crippen molar-refractivity contribution in [3.63, 3.8) is 0 Å². The third-order valence-corrected chi connectivity index (χ3v) is 5.84. The van der Waals surface area contributed by atoms with E-state index in [2.05, 4.69) is 35.8 Å². The lowest BCUT2D eigenvalue weighted by molar-refractivity contribution is -0.125. The van der Waals surface area contributed by atoms with Gasteiger partial charge in [0.1, 0.15) is 18.2 Å². The molecule has 3 rings (SSSR count). The molecule has 5 nitrogen and oxygen atoms in total. The molecular formula is C24H30F2N2O3. The molecule has 2 aromatic rings. The van der Waals surface area contributed by atoms with Crippen LogP contribution < -0.4 is 10.6 Å². The number of carbonyl (C=O) groups excluding carboxylic acids is 1. The van der Waals surface area contributed by atoms with Gasteiger partial charge in [0.15, 0.2) is 0 Å². The average Bonchev–Trinajstić information content (AvgIpc) is 2.75. The van der Waals surface area contributed by atoms with Gasteiger partial charge in [0.25, 0.3) is 0 Å². The van der Waals surface area contributed by atoms with E-state index in [0.29, 0.717) is 5.56 Å². The molecule has 2 aromatic carbocycles. The lowest BCUT2D eigenvalue weighted by Gasteiger charge is -2.30. The highest BCUT2D eigenvalue weighted by Crippen LogP contribution is 2.30. The Kier molecular flexibility index (Phi) is 8.12. The minimum atomic E-state index is -1.01. The van der Waals surface area contributed by atoms with Gasteiger partial charge >= 0.3 is 0 Å². The van der Waals surface area contributed by atoms with Crippen molar-refractivity contribution in [2.45, 2.75) is 57.2 Å². The van der Waals surface area contributed by atoms with Gasteiger partial charge in [-0.15, -0.1) is 0 Å². The highest BCUT2D eigenvalue weighted by atomic mass is 19.1. The molecule has 0 spiro atoms. The normalized spacial score (nSPS) is 17.6. The molecule has 168 valence electrons. The first-order valence-electron chi connectivity index (χ1n) is 10.8. The van der Waals surface area contributed by atoms with Crippen LogP contribution in [0.25, 0.3) is 0 Å². The summed E-state index contributed by atoms with van der Waals surface area (Å²) in [7, 11) is 0. The number of rotatable bonds is 9. The van der Waals surface area contributed by atoms with Crippen LogP contribution in [0.1, 0.15) is 48.1 Å². The molecule has 0 aliphatic heterocycles. The molecule has 0 radical (unpaired) electrons. The number of aliphatic hydroxyl groups is 2. The molecule has 0 saturated carbocycles. The Balaban J connectivity index is 1.70. The van der Waals surface area contributed by atoms with Crippen LogP contribution in [0, 0.1) is 11.6 Å². The lowest BCUT2D eigenvalue weighted by atomic mass is 9.86. The molecule has 1 amide bonds. The van der Waals surface area contributed by atoms with Crippen molar-refractivity contribution < 1.29 is 23.8 Å². The predicted octanol–water partition coefficient (Wildman–Crippen LogP) is 2.57. The molecule has 4 N–H and O–H groups in total. The van der Waals surface area contributed by atoms with Gasteiger partial charge in [0.2, 0.25) is 5.91 Å². The van der Waals surface area contributed by atoms with Crippen molar-refractivity contribution in [3.05, 3.63) is 70.3 Å². The van der Waals surface area contributed by atoms with E-state index in [1.54, 1.807) is 0 Å². The van der Waals surface area contributed by atoms with Crippen LogP contribution >= 0.6 is 0 Å². The summed E-state index contributed by atoms with van der Waals surface area (Å²) in [5, 5.41) is 25.8.